The first-order chi connectivity index (χ1) is 9.44. The molecule has 4 heteroatoms. The van der Waals surface area contributed by atoms with E-state index in [4.69, 9.17) is 4.74 Å². The zero-order valence-corrected chi connectivity index (χ0v) is 13.0. The molecule has 20 heavy (non-hydrogen) atoms. The highest BCUT2D eigenvalue weighted by Gasteiger charge is 2.28. The summed E-state index contributed by atoms with van der Waals surface area (Å²) in [4.78, 5) is 4.55. The van der Waals surface area contributed by atoms with Crippen LogP contribution in [0.25, 0.3) is 0 Å². The Morgan fingerprint density at radius 2 is 1.90 bits per heavy atom. The molecule has 0 aliphatic carbocycles. The topological polar surface area (TPSA) is 39.9 Å². The Bertz CT molecular complexity index is 587. The van der Waals surface area contributed by atoms with Crippen molar-refractivity contribution >= 4 is 0 Å². The van der Waals surface area contributed by atoms with E-state index in [1.807, 2.05) is 32.4 Å². The Labute approximate surface area is 120 Å². The van der Waals surface area contributed by atoms with Gasteiger partial charge in [0.2, 0.25) is 0 Å². The number of benzene rings is 1. The van der Waals surface area contributed by atoms with E-state index in [2.05, 4.69) is 41.3 Å². The average molecular weight is 273 g/mol. The average Bonchev–Trinajstić information content (AvgIpc) is 2.74. The highest BCUT2D eigenvalue weighted by molar-refractivity contribution is 5.26. The van der Waals surface area contributed by atoms with Crippen LogP contribution in [0.1, 0.15) is 43.5 Å². The molecule has 108 valence electrons. The van der Waals surface area contributed by atoms with E-state index in [0.717, 1.165) is 18.2 Å². The highest BCUT2D eigenvalue weighted by Crippen LogP contribution is 2.24. The third-order valence-corrected chi connectivity index (χ3v) is 3.40. The van der Waals surface area contributed by atoms with Gasteiger partial charge in [0.05, 0.1) is 6.54 Å². The van der Waals surface area contributed by atoms with Crippen LogP contribution >= 0.6 is 0 Å². The Kier molecular flexibility index (Phi) is 4.23. The molecule has 1 heterocycles. The molecule has 1 aromatic carbocycles. The predicted octanol–water partition coefficient (Wildman–Crippen LogP) is 3.21. The zero-order chi connectivity index (χ0) is 14.8. The lowest BCUT2D eigenvalue weighted by molar-refractivity contribution is -0.0237. The Balaban J connectivity index is 2.36. The van der Waals surface area contributed by atoms with Crippen LogP contribution in [0.4, 0.5) is 0 Å². The Morgan fingerprint density at radius 1 is 1.20 bits per heavy atom. The molecule has 0 radical (unpaired) electrons. The predicted molar refractivity (Wildman–Crippen MR) is 79.7 cm³/mol. The minimum Gasteiger partial charge on any atom is -0.368 e. The first kappa shape index (κ1) is 14.7. The smallest absolute Gasteiger partial charge is 0.159 e. The summed E-state index contributed by atoms with van der Waals surface area (Å²) in [7, 11) is 0. The minimum atomic E-state index is -0.432. The van der Waals surface area contributed by atoms with Crippen LogP contribution in [-0.4, -0.2) is 21.4 Å². The molecule has 0 amide bonds. The number of aryl methyl sites for hydroxylation is 2. The second-order valence-electron chi connectivity index (χ2n) is 5.51. The molecule has 0 bridgehead atoms. The van der Waals surface area contributed by atoms with Gasteiger partial charge in [-0.15, -0.1) is 0 Å². The lowest BCUT2D eigenvalue weighted by Gasteiger charge is -2.24. The number of hydrogen-bond donors (Lipinski definition) is 0. The van der Waals surface area contributed by atoms with Gasteiger partial charge in [-0.3, -0.25) is 0 Å². The van der Waals surface area contributed by atoms with Crippen molar-refractivity contribution in [3.8, 4) is 0 Å². The second kappa shape index (κ2) is 5.75. The van der Waals surface area contributed by atoms with Crippen LogP contribution < -0.4 is 0 Å². The van der Waals surface area contributed by atoms with E-state index in [-0.39, 0.29) is 0 Å². The van der Waals surface area contributed by atoms with Crippen molar-refractivity contribution in [3.05, 3.63) is 47.0 Å². The third kappa shape index (κ3) is 3.07. The van der Waals surface area contributed by atoms with Crippen molar-refractivity contribution in [2.24, 2.45) is 0 Å². The van der Waals surface area contributed by atoms with Crippen molar-refractivity contribution in [3.63, 3.8) is 0 Å². The molecule has 0 aliphatic rings. The number of ether oxygens (including phenoxy) is 1. The van der Waals surface area contributed by atoms with Crippen LogP contribution in [0.3, 0.4) is 0 Å². The van der Waals surface area contributed by atoms with Crippen molar-refractivity contribution in [1.29, 1.82) is 0 Å². The van der Waals surface area contributed by atoms with Gasteiger partial charge >= 0.3 is 0 Å². The molecule has 0 N–H and O–H groups in total. The van der Waals surface area contributed by atoms with Crippen molar-refractivity contribution < 1.29 is 4.74 Å². The Morgan fingerprint density at radius 3 is 2.55 bits per heavy atom. The van der Waals surface area contributed by atoms with E-state index in [0.29, 0.717) is 6.61 Å². The normalized spacial score (nSPS) is 11.8. The quantitative estimate of drug-likeness (QED) is 0.839. The van der Waals surface area contributed by atoms with Gasteiger partial charge in [-0.05, 0) is 45.7 Å². The van der Waals surface area contributed by atoms with Crippen molar-refractivity contribution in [2.45, 2.75) is 46.8 Å². The van der Waals surface area contributed by atoms with Gasteiger partial charge in [0, 0.05) is 6.61 Å². The summed E-state index contributed by atoms with van der Waals surface area (Å²) >= 11 is 0. The van der Waals surface area contributed by atoms with Gasteiger partial charge in [0.15, 0.2) is 5.82 Å². The molecule has 0 spiro atoms. The van der Waals surface area contributed by atoms with E-state index < -0.39 is 5.60 Å². The summed E-state index contributed by atoms with van der Waals surface area (Å²) in [6.45, 7) is 11.5. The number of nitrogens with zero attached hydrogens (tertiary/aromatic N) is 3. The fourth-order valence-electron chi connectivity index (χ4n) is 2.39. The molecule has 0 saturated heterocycles. The van der Waals surface area contributed by atoms with Crippen LogP contribution in [0.15, 0.2) is 24.3 Å². The number of aromatic nitrogens is 3. The fourth-order valence-corrected chi connectivity index (χ4v) is 2.39. The van der Waals surface area contributed by atoms with E-state index in [1.54, 1.807) is 0 Å². The van der Waals surface area contributed by atoms with Gasteiger partial charge in [-0.1, -0.05) is 24.3 Å². The maximum absolute atomic E-state index is 5.81. The lowest BCUT2D eigenvalue weighted by atomic mass is 10.1. The van der Waals surface area contributed by atoms with E-state index in [1.165, 1.54) is 11.1 Å². The first-order valence-electron chi connectivity index (χ1n) is 7.04. The molecule has 2 aromatic rings. The largest absolute Gasteiger partial charge is 0.368 e. The van der Waals surface area contributed by atoms with Gasteiger partial charge < -0.3 is 4.74 Å². The summed E-state index contributed by atoms with van der Waals surface area (Å²) in [5.74, 6) is 1.65. The zero-order valence-electron chi connectivity index (χ0n) is 13.0. The van der Waals surface area contributed by atoms with E-state index >= 15 is 0 Å². The summed E-state index contributed by atoms with van der Waals surface area (Å²) < 4.78 is 7.77. The monoisotopic (exact) mass is 273 g/mol. The van der Waals surface area contributed by atoms with Crippen LogP contribution in [-0.2, 0) is 16.9 Å². The van der Waals surface area contributed by atoms with Gasteiger partial charge in [0.1, 0.15) is 11.4 Å². The second-order valence-corrected chi connectivity index (χ2v) is 5.51. The molecule has 0 unspecified atom stereocenters. The van der Waals surface area contributed by atoms with Crippen molar-refractivity contribution in [2.75, 3.05) is 6.61 Å². The molecule has 0 fully saturated rings. The van der Waals surface area contributed by atoms with Crippen LogP contribution in [0.5, 0.6) is 0 Å². The lowest BCUT2D eigenvalue weighted by Crippen LogP contribution is -2.27. The summed E-state index contributed by atoms with van der Waals surface area (Å²) in [5, 5.41) is 4.52. The molecule has 2 rings (SSSR count). The minimum absolute atomic E-state index is 0.432. The SMILES string of the molecule is CCOC(C)(C)c1nc(C)nn1Cc1ccccc1C. The summed E-state index contributed by atoms with van der Waals surface area (Å²) in [6.07, 6.45) is 0. The molecule has 0 atom stereocenters. The van der Waals surface area contributed by atoms with E-state index in [9.17, 15) is 0 Å². The molecular weight excluding hydrogens is 250 g/mol. The number of hydrogen-bond acceptors (Lipinski definition) is 3. The standard InChI is InChI=1S/C16H23N3O/c1-6-20-16(4,5)15-17-13(3)18-19(15)11-14-10-8-7-9-12(14)2/h7-10H,6,11H2,1-5H3. The first-order valence-corrected chi connectivity index (χ1v) is 7.04. The highest BCUT2D eigenvalue weighted by atomic mass is 16.5. The summed E-state index contributed by atoms with van der Waals surface area (Å²) in [5.41, 5.74) is 2.09. The molecule has 1 aromatic heterocycles. The number of rotatable bonds is 5. The maximum atomic E-state index is 5.81. The van der Waals surface area contributed by atoms with Crippen molar-refractivity contribution in [1.82, 2.24) is 14.8 Å². The molecule has 4 nitrogen and oxygen atoms in total. The third-order valence-electron chi connectivity index (χ3n) is 3.40. The molecular formula is C16H23N3O. The Hall–Kier alpha value is -1.68. The summed E-state index contributed by atoms with van der Waals surface area (Å²) in [6, 6.07) is 8.35. The maximum Gasteiger partial charge on any atom is 0.159 e. The fraction of sp³-hybridized carbons (Fsp3) is 0.500. The molecule has 0 saturated carbocycles. The van der Waals surface area contributed by atoms with Gasteiger partial charge in [-0.2, -0.15) is 5.10 Å². The van der Waals surface area contributed by atoms with Crippen LogP contribution in [0.2, 0.25) is 0 Å². The van der Waals surface area contributed by atoms with Crippen LogP contribution in [0, 0.1) is 13.8 Å². The van der Waals surface area contributed by atoms with Gasteiger partial charge in [-0.25, -0.2) is 9.67 Å². The van der Waals surface area contributed by atoms with Gasteiger partial charge in [0.25, 0.3) is 0 Å². The molecule has 0 aliphatic heterocycles.